The van der Waals surface area contributed by atoms with E-state index in [4.69, 9.17) is 5.73 Å². The summed E-state index contributed by atoms with van der Waals surface area (Å²) in [4.78, 5) is 23.9. The van der Waals surface area contributed by atoms with Crippen molar-refractivity contribution in [2.75, 3.05) is 0 Å². The van der Waals surface area contributed by atoms with E-state index >= 15 is 0 Å². The Morgan fingerprint density at radius 1 is 1.15 bits per heavy atom. The van der Waals surface area contributed by atoms with E-state index < -0.39 is 17.4 Å². The second-order valence-electron chi connectivity index (χ2n) is 5.61. The molecule has 0 aliphatic heterocycles. The Morgan fingerprint density at radius 3 is 2.30 bits per heavy atom. The van der Waals surface area contributed by atoms with Crippen LogP contribution in [-0.4, -0.2) is 17.9 Å². The van der Waals surface area contributed by atoms with Crippen LogP contribution in [0.5, 0.6) is 0 Å². The summed E-state index contributed by atoms with van der Waals surface area (Å²) in [7, 11) is 0. The molecule has 0 saturated heterocycles. The molecule has 2 rings (SSSR count). The molecule has 0 radical (unpaired) electrons. The summed E-state index contributed by atoms with van der Waals surface area (Å²) < 4.78 is 0. The van der Waals surface area contributed by atoms with Gasteiger partial charge in [0, 0.05) is 0 Å². The minimum absolute atomic E-state index is 0.0744. The van der Waals surface area contributed by atoms with Crippen LogP contribution in [0.25, 0.3) is 0 Å². The number of amides is 2. The van der Waals surface area contributed by atoms with Crippen LogP contribution >= 0.6 is 0 Å². The number of hydrogen-bond acceptors (Lipinski definition) is 2. The SMILES string of the molecule is CC(NC(=O)C1(c2ccccc2)CCCCC1)C(N)=O. The lowest BCUT2D eigenvalue weighted by molar-refractivity contribution is -0.131. The molecule has 4 nitrogen and oxygen atoms in total. The first-order valence-electron chi connectivity index (χ1n) is 7.22. The standard InChI is InChI=1S/C16H22N2O2/c1-12(14(17)19)18-15(20)16(10-6-3-7-11-16)13-8-4-2-5-9-13/h2,4-5,8-9,12H,3,6-7,10-11H2,1H3,(H2,17,19)(H,18,20). The third-order valence-electron chi connectivity index (χ3n) is 4.24. The van der Waals surface area contributed by atoms with Gasteiger partial charge in [-0.1, -0.05) is 49.6 Å². The highest BCUT2D eigenvalue weighted by molar-refractivity contribution is 5.92. The van der Waals surface area contributed by atoms with Gasteiger partial charge in [0.15, 0.2) is 0 Å². The molecule has 1 saturated carbocycles. The maximum absolute atomic E-state index is 12.7. The second kappa shape index (κ2) is 6.07. The highest BCUT2D eigenvalue weighted by atomic mass is 16.2. The first kappa shape index (κ1) is 14.6. The molecule has 4 heteroatoms. The number of benzene rings is 1. The van der Waals surface area contributed by atoms with Crippen molar-refractivity contribution in [1.29, 1.82) is 0 Å². The monoisotopic (exact) mass is 274 g/mol. The molecular weight excluding hydrogens is 252 g/mol. The Hall–Kier alpha value is -1.84. The average Bonchev–Trinajstić information content (AvgIpc) is 2.48. The van der Waals surface area contributed by atoms with Crippen LogP contribution < -0.4 is 11.1 Å². The fourth-order valence-corrected chi connectivity index (χ4v) is 2.97. The molecule has 0 heterocycles. The van der Waals surface area contributed by atoms with Crippen LogP contribution in [0.15, 0.2) is 30.3 Å². The fourth-order valence-electron chi connectivity index (χ4n) is 2.97. The predicted molar refractivity (Wildman–Crippen MR) is 78.0 cm³/mol. The smallest absolute Gasteiger partial charge is 0.239 e. The molecule has 2 amide bonds. The maximum atomic E-state index is 12.7. The second-order valence-corrected chi connectivity index (χ2v) is 5.61. The van der Waals surface area contributed by atoms with E-state index in [1.807, 2.05) is 30.3 Å². The van der Waals surface area contributed by atoms with E-state index in [0.717, 1.165) is 37.7 Å². The van der Waals surface area contributed by atoms with Crippen molar-refractivity contribution in [2.45, 2.75) is 50.5 Å². The van der Waals surface area contributed by atoms with Gasteiger partial charge < -0.3 is 11.1 Å². The lowest BCUT2D eigenvalue weighted by atomic mass is 9.68. The quantitative estimate of drug-likeness (QED) is 0.880. The van der Waals surface area contributed by atoms with Crippen molar-refractivity contribution >= 4 is 11.8 Å². The van der Waals surface area contributed by atoms with E-state index in [2.05, 4.69) is 5.32 Å². The molecule has 0 bridgehead atoms. The van der Waals surface area contributed by atoms with Gasteiger partial charge in [-0.15, -0.1) is 0 Å². The van der Waals surface area contributed by atoms with E-state index in [1.165, 1.54) is 0 Å². The molecule has 20 heavy (non-hydrogen) atoms. The molecule has 108 valence electrons. The summed E-state index contributed by atoms with van der Waals surface area (Å²) in [6, 6.07) is 9.22. The largest absolute Gasteiger partial charge is 0.368 e. The maximum Gasteiger partial charge on any atom is 0.239 e. The molecule has 1 aromatic carbocycles. The minimum Gasteiger partial charge on any atom is -0.368 e. The van der Waals surface area contributed by atoms with E-state index in [0.29, 0.717) is 0 Å². The fraction of sp³-hybridized carbons (Fsp3) is 0.500. The van der Waals surface area contributed by atoms with Crippen LogP contribution in [0.2, 0.25) is 0 Å². The third-order valence-corrected chi connectivity index (χ3v) is 4.24. The van der Waals surface area contributed by atoms with Crippen LogP contribution in [0.4, 0.5) is 0 Å². The summed E-state index contributed by atoms with van der Waals surface area (Å²) in [6.45, 7) is 1.63. The number of rotatable bonds is 4. The highest BCUT2D eigenvalue weighted by Gasteiger charge is 2.41. The zero-order chi connectivity index (χ0) is 14.6. The Balaban J connectivity index is 2.28. The molecule has 1 unspecified atom stereocenters. The van der Waals surface area contributed by atoms with Gasteiger partial charge in [-0.25, -0.2) is 0 Å². The molecule has 0 spiro atoms. The summed E-state index contributed by atoms with van der Waals surface area (Å²) in [5.74, 6) is -0.577. The first-order valence-corrected chi connectivity index (χ1v) is 7.22. The molecular formula is C16H22N2O2. The van der Waals surface area contributed by atoms with Gasteiger partial charge in [0.05, 0.1) is 5.41 Å². The lowest BCUT2D eigenvalue weighted by Gasteiger charge is -2.37. The van der Waals surface area contributed by atoms with Crippen molar-refractivity contribution in [2.24, 2.45) is 5.73 Å². The topological polar surface area (TPSA) is 72.2 Å². The number of carbonyl (C=O) groups is 2. The van der Waals surface area contributed by atoms with Crippen LogP contribution in [0, 0.1) is 0 Å². The number of primary amides is 1. The Bertz CT molecular complexity index is 479. The van der Waals surface area contributed by atoms with Gasteiger partial charge in [-0.2, -0.15) is 0 Å². The summed E-state index contributed by atoms with van der Waals surface area (Å²) in [5.41, 5.74) is 5.77. The molecule has 1 aromatic rings. The molecule has 1 aliphatic carbocycles. The molecule has 1 aliphatic rings. The van der Waals surface area contributed by atoms with Gasteiger partial charge in [0.25, 0.3) is 0 Å². The van der Waals surface area contributed by atoms with E-state index in [1.54, 1.807) is 6.92 Å². The first-order chi connectivity index (χ1) is 9.56. The molecule has 1 fully saturated rings. The minimum atomic E-state index is -0.634. The summed E-state index contributed by atoms with van der Waals surface area (Å²) in [6.07, 6.45) is 4.89. The Labute approximate surface area is 119 Å². The van der Waals surface area contributed by atoms with Crippen molar-refractivity contribution in [1.82, 2.24) is 5.32 Å². The lowest BCUT2D eigenvalue weighted by Crippen LogP contribution is -2.51. The van der Waals surface area contributed by atoms with Crippen molar-refractivity contribution in [3.05, 3.63) is 35.9 Å². The number of hydrogen-bond donors (Lipinski definition) is 2. The van der Waals surface area contributed by atoms with Crippen molar-refractivity contribution in [3.63, 3.8) is 0 Å². The van der Waals surface area contributed by atoms with Gasteiger partial charge >= 0.3 is 0 Å². The highest BCUT2D eigenvalue weighted by Crippen LogP contribution is 2.39. The van der Waals surface area contributed by atoms with E-state index in [9.17, 15) is 9.59 Å². The molecule has 3 N–H and O–H groups in total. The van der Waals surface area contributed by atoms with Crippen LogP contribution in [-0.2, 0) is 15.0 Å². The van der Waals surface area contributed by atoms with Gasteiger partial charge in [-0.3, -0.25) is 9.59 Å². The average molecular weight is 274 g/mol. The molecule has 1 atom stereocenters. The van der Waals surface area contributed by atoms with Crippen LogP contribution in [0.3, 0.4) is 0 Å². The number of carbonyl (C=O) groups excluding carboxylic acids is 2. The Kier molecular flexibility index (Phi) is 4.42. The van der Waals surface area contributed by atoms with Gasteiger partial charge in [0.1, 0.15) is 6.04 Å². The van der Waals surface area contributed by atoms with Crippen LogP contribution in [0.1, 0.15) is 44.6 Å². The zero-order valence-corrected chi connectivity index (χ0v) is 11.9. The predicted octanol–water partition coefficient (Wildman–Crippen LogP) is 1.88. The van der Waals surface area contributed by atoms with Gasteiger partial charge in [-0.05, 0) is 25.3 Å². The molecule has 0 aromatic heterocycles. The van der Waals surface area contributed by atoms with Crippen molar-refractivity contribution in [3.8, 4) is 0 Å². The summed E-state index contributed by atoms with van der Waals surface area (Å²) in [5, 5.41) is 2.77. The number of nitrogens with one attached hydrogen (secondary N) is 1. The number of nitrogens with two attached hydrogens (primary N) is 1. The zero-order valence-electron chi connectivity index (χ0n) is 11.9. The van der Waals surface area contributed by atoms with E-state index in [-0.39, 0.29) is 5.91 Å². The Morgan fingerprint density at radius 2 is 1.75 bits per heavy atom. The van der Waals surface area contributed by atoms with Crippen molar-refractivity contribution < 1.29 is 9.59 Å². The summed E-state index contributed by atoms with van der Waals surface area (Å²) >= 11 is 0. The third kappa shape index (κ3) is 2.84. The normalized spacial score (nSPS) is 19.1. The van der Waals surface area contributed by atoms with Gasteiger partial charge in [0.2, 0.25) is 11.8 Å².